The van der Waals surface area contributed by atoms with E-state index in [9.17, 15) is 5.11 Å². The SMILES string of the molecule is CCCCCCCCc1c(O)c(CCCCCCCC)c(CCCCCCCC)c(CCCCCCCC)c1CCCCCCCC. The monoisotopic (exact) mass is 655 g/mol. The van der Waals surface area contributed by atoms with Gasteiger partial charge in [-0.25, -0.2) is 0 Å². The number of hydrogen-bond donors (Lipinski definition) is 1. The summed E-state index contributed by atoms with van der Waals surface area (Å²) < 4.78 is 0. The molecule has 276 valence electrons. The highest BCUT2D eigenvalue weighted by atomic mass is 16.3. The Morgan fingerprint density at radius 2 is 0.404 bits per heavy atom. The number of unbranched alkanes of at least 4 members (excludes halogenated alkanes) is 25. The van der Waals surface area contributed by atoms with Crippen LogP contribution in [0.3, 0.4) is 0 Å². The second-order valence-electron chi connectivity index (χ2n) is 15.3. The second kappa shape index (κ2) is 32.2. The van der Waals surface area contributed by atoms with Crippen molar-refractivity contribution in [2.24, 2.45) is 0 Å². The smallest absolute Gasteiger partial charge is 0.122 e. The summed E-state index contributed by atoms with van der Waals surface area (Å²) in [7, 11) is 0. The maximum atomic E-state index is 12.3. The van der Waals surface area contributed by atoms with Crippen molar-refractivity contribution in [1.82, 2.24) is 0 Å². The number of aromatic hydroxyl groups is 1. The molecule has 1 rings (SSSR count). The predicted molar refractivity (Wildman–Crippen MR) is 214 cm³/mol. The van der Waals surface area contributed by atoms with Crippen LogP contribution in [-0.4, -0.2) is 5.11 Å². The highest BCUT2D eigenvalue weighted by Crippen LogP contribution is 2.39. The van der Waals surface area contributed by atoms with Crippen LogP contribution in [0.1, 0.15) is 255 Å². The van der Waals surface area contributed by atoms with Crippen molar-refractivity contribution in [1.29, 1.82) is 0 Å². The van der Waals surface area contributed by atoms with Gasteiger partial charge in [-0.05, 0) is 92.0 Å². The topological polar surface area (TPSA) is 20.2 Å². The Bertz CT molecular complexity index is 766. The van der Waals surface area contributed by atoms with Gasteiger partial charge in [-0.3, -0.25) is 0 Å². The Balaban J connectivity index is 3.42. The lowest BCUT2D eigenvalue weighted by Gasteiger charge is -2.25. The van der Waals surface area contributed by atoms with Crippen molar-refractivity contribution >= 4 is 0 Å². The van der Waals surface area contributed by atoms with Crippen LogP contribution in [0.4, 0.5) is 0 Å². The summed E-state index contributed by atoms with van der Waals surface area (Å²) in [6.45, 7) is 11.6. The fraction of sp³-hybridized carbons (Fsp3) is 0.870. The van der Waals surface area contributed by atoms with Crippen LogP contribution in [0, 0.1) is 0 Å². The molecule has 1 aromatic rings. The van der Waals surface area contributed by atoms with E-state index >= 15 is 0 Å². The van der Waals surface area contributed by atoms with Gasteiger partial charge in [0.1, 0.15) is 5.75 Å². The lowest BCUT2D eigenvalue weighted by molar-refractivity contribution is 0.452. The summed E-state index contributed by atoms with van der Waals surface area (Å²) in [4.78, 5) is 0. The Labute approximate surface area is 297 Å². The second-order valence-corrected chi connectivity index (χ2v) is 15.3. The maximum absolute atomic E-state index is 12.3. The highest BCUT2D eigenvalue weighted by Gasteiger charge is 2.23. The van der Waals surface area contributed by atoms with E-state index in [2.05, 4.69) is 34.6 Å². The Morgan fingerprint density at radius 3 is 0.638 bits per heavy atom. The third kappa shape index (κ3) is 21.0. The van der Waals surface area contributed by atoms with Crippen molar-refractivity contribution in [2.45, 2.75) is 259 Å². The molecule has 47 heavy (non-hydrogen) atoms. The van der Waals surface area contributed by atoms with Gasteiger partial charge in [0.2, 0.25) is 0 Å². The van der Waals surface area contributed by atoms with Gasteiger partial charge in [0, 0.05) is 0 Å². The van der Waals surface area contributed by atoms with E-state index in [4.69, 9.17) is 0 Å². The van der Waals surface area contributed by atoms with Crippen molar-refractivity contribution in [3.05, 3.63) is 27.8 Å². The minimum Gasteiger partial charge on any atom is -0.507 e. The lowest BCUT2D eigenvalue weighted by Crippen LogP contribution is -2.11. The van der Waals surface area contributed by atoms with E-state index in [1.165, 1.54) is 223 Å². The normalized spacial score (nSPS) is 11.6. The number of phenols is 1. The molecule has 1 heteroatoms. The fourth-order valence-corrected chi connectivity index (χ4v) is 7.87. The summed E-state index contributed by atoms with van der Waals surface area (Å²) in [5.74, 6) is 0.751. The molecule has 1 N–H and O–H groups in total. The molecule has 0 saturated heterocycles. The molecule has 0 atom stereocenters. The molecule has 0 aliphatic rings. The van der Waals surface area contributed by atoms with E-state index in [-0.39, 0.29) is 0 Å². The number of phenolic OH excluding ortho intramolecular Hbond substituents is 1. The average molecular weight is 655 g/mol. The zero-order chi connectivity index (χ0) is 34.2. The molecule has 1 aromatic carbocycles. The maximum Gasteiger partial charge on any atom is 0.122 e. The quantitative estimate of drug-likeness (QED) is 0.0722. The van der Waals surface area contributed by atoms with Crippen LogP contribution in [0.5, 0.6) is 5.75 Å². The van der Waals surface area contributed by atoms with Crippen molar-refractivity contribution in [2.75, 3.05) is 0 Å². The average Bonchev–Trinajstić information content (AvgIpc) is 3.08. The van der Waals surface area contributed by atoms with Crippen LogP contribution in [-0.2, 0) is 32.1 Å². The lowest BCUT2D eigenvalue weighted by atomic mass is 9.80. The van der Waals surface area contributed by atoms with Gasteiger partial charge in [-0.15, -0.1) is 0 Å². The minimum absolute atomic E-state index is 0.751. The Morgan fingerprint density at radius 1 is 0.234 bits per heavy atom. The summed E-state index contributed by atoms with van der Waals surface area (Å²) in [6, 6.07) is 0. The van der Waals surface area contributed by atoms with Crippen molar-refractivity contribution in [3.8, 4) is 5.75 Å². The third-order valence-corrected chi connectivity index (χ3v) is 10.9. The Kier molecular flexibility index (Phi) is 30.2. The van der Waals surface area contributed by atoms with E-state index in [1.807, 2.05) is 0 Å². The van der Waals surface area contributed by atoms with Gasteiger partial charge in [-0.2, -0.15) is 0 Å². The molecule has 0 aliphatic carbocycles. The van der Waals surface area contributed by atoms with Crippen molar-refractivity contribution < 1.29 is 5.11 Å². The zero-order valence-electron chi connectivity index (χ0n) is 33.2. The van der Waals surface area contributed by atoms with Gasteiger partial charge in [0.05, 0.1) is 0 Å². The van der Waals surface area contributed by atoms with Gasteiger partial charge in [-0.1, -0.05) is 195 Å². The first-order valence-corrected chi connectivity index (χ1v) is 22.0. The molecule has 0 aromatic heterocycles. The molecule has 0 heterocycles. The molecule has 1 nitrogen and oxygen atoms in total. The van der Waals surface area contributed by atoms with Crippen LogP contribution in [0.25, 0.3) is 0 Å². The van der Waals surface area contributed by atoms with Crippen LogP contribution in [0.2, 0.25) is 0 Å². The molecule has 0 amide bonds. The zero-order valence-corrected chi connectivity index (χ0v) is 33.2. The molecule has 0 spiro atoms. The van der Waals surface area contributed by atoms with Gasteiger partial charge >= 0.3 is 0 Å². The number of hydrogen-bond acceptors (Lipinski definition) is 1. The minimum atomic E-state index is 0.751. The largest absolute Gasteiger partial charge is 0.507 e. The van der Waals surface area contributed by atoms with Gasteiger partial charge < -0.3 is 5.11 Å². The molecular weight excluding hydrogens is 569 g/mol. The molecule has 0 radical (unpaired) electrons. The first kappa shape index (κ1) is 44.0. The summed E-state index contributed by atoms with van der Waals surface area (Å²) in [6.07, 6.45) is 46.1. The first-order chi connectivity index (χ1) is 23.2. The molecule has 0 aliphatic heterocycles. The fourth-order valence-electron chi connectivity index (χ4n) is 7.87. The first-order valence-electron chi connectivity index (χ1n) is 22.0. The molecule has 0 unspecified atom stereocenters. The van der Waals surface area contributed by atoms with Gasteiger partial charge in [0.15, 0.2) is 0 Å². The van der Waals surface area contributed by atoms with Crippen molar-refractivity contribution in [3.63, 3.8) is 0 Å². The van der Waals surface area contributed by atoms with E-state index in [1.54, 1.807) is 16.7 Å². The number of benzene rings is 1. The van der Waals surface area contributed by atoms with E-state index in [0.29, 0.717) is 0 Å². The van der Waals surface area contributed by atoms with Crippen LogP contribution >= 0.6 is 0 Å². The third-order valence-electron chi connectivity index (χ3n) is 10.9. The van der Waals surface area contributed by atoms with E-state index in [0.717, 1.165) is 18.6 Å². The highest BCUT2D eigenvalue weighted by molar-refractivity contribution is 5.56. The van der Waals surface area contributed by atoms with Crippen LogP contribution < -0.4 is 0 Å². The van der Waals surface area contributed by atoms with Crippen LogP contribution in [0.15, 0.2) is 0 Å². The molecule has 0 bridgehead atoms. The Hall–Kier alpha value is -0.980. The summed E-state index contributed by atoms with van der Waals surface area (Å²) >= 11 is 0. The summed E-state index contributed by atoms with van der Waals surface area (Å²) in [5, 5.41) is 12.3. The molecular formula is C46H86O. The summed E-state index contributed by atoms with van der Waals surface area (Å²) in [5.41, 5.74) is 7.74. The number of rotatable bonds is 35. The van der Waals surface area contributed by atoms with E-state index < -0.39 is 0 Å². The standard InChI is InChI=1S/C46H86O/c1-6-11-16-21-26-31-36-41-42(37-32-27-22-17-12-7-2)44(39-34-29-24-19-14-9-4)46(47)45(40-35-30-25-20-15-10-5)43(41)38-33-28-23-18-13-8-3/h47H,6-40H2,1-5H3. The molecule has 0 saturated carbocycles. The van der Waals surface area contributed by atoms with Gasteiger partial charge in [0.25, 0.3) is 0 Å². The molecule has 0 fully saturated rings. The predicted octanol–water partition coefficient (Wildman–Crippen LogP) is 15.9.